The third-order valence-corrected chi connectivity index (χ3v) is 3.32. The second kappa shape index (κ2) is 2.84. The first-order chi connectivity index (χ1) is 7.16. The molecule has 2 heterocycles. The lowest BCUT2D eigenvalue weighted by Crippen LogP contribution is -2.39. The van der Waals surface area contributed by atoms with Gasteiger partial charge in [0.1, 0.15) is 5.82 Å². The molecule has 1 saturated carbocycles. The Kier molecular flexibility index (Phi) is 1.69. The first-order valence-corrected chi connectivity index (χ1v) is 5.52. The Bertz CT molecular complexity index is 419. The molecule has 2 aliphatic rings. The Morgan fingerprint density at radius 2 is 2.20 bits per heavy atom. The summed E-state index contributed by atoms with van der Waals surface area (Å²) in [4.78, 5) is 13.5. The van der Waals surface area contributed by atoms with Crippen LogP contribution in [0.5, 0.6) is 0 Å². The molecular weight excluding hydrogens is 190 g/mol. The normalized spacial score (nSPS) is 25.6. The van der Waals surface area contributed by atoms with Gasteiger partial charge in [0.15, 0.2) is 0 Å². The molecule has 1 atom stereocenters. The van der Waals surface area contributed by atoms with E-state index in [0.29, 0.717) is 5.92 Å². The SMILES string of the molecule is CC1Cn2nc(C3CC3)cc2N(C)C1=O. The summed E-state index contributed by atoms with van der Waals surface area (Å²) in [6, 6.07) is 2.07. The van der Waals surface area contributed by atoms with Crippen molar-refractivity contribution in [2.45, 2.75) is 32.2 Å². The summed E-state index contributed by atoms with van der Waals surface area (Å²) in [6.07, 6.45) is 2.51. The monoisotopic (exact) mass is 205 g/mol. The zero-order chi connectivity index (χ0) is 10.6. The molecule has 1 fully saturated rings. The second-order valence-electron chi connectivity index (χ2n) is 4.68. The minimum atomic E-state index is 0.0504. The molecule has 1 aromatic rings. The van der Waals surface area contributed by atoms with Crippen LogP contribution in [0, 0.1) is 5.92 Å². The number of amides is 1. The largest absolute Gasteiger partial charge is 0.300 e. The van der Waals surface area contributed by atoms with Crippen molar-refractivity contribution >= 4 is 11.7 Å². The molecule has 15 heavy (non-hydrogen) atoms. The summed E-state index contributed by atoms with van der Waals surface area (Å²) < 4.78 is 1.97. The van der Waals surface area contributed by atoms with Crippen LogP contribution in [0.1, 0.15) is 31.4 Å². The predicted octanol–water partition coefficient (Wildman–Crippen LogP) is 1.37. The van der Waals surface area contributed by atoms with Gasteiger partial charge >= 0.3 is 0 Å². The summed E-state index contributed by atoms with van der Waals surface area (Å²) in [6.45, 7) is 2.69. The molecule has 1 aliphatic carbocycles. The van der Waals surface area contributed by atoms with Crippen LogP contribution in [-0.4, -0.2) is 22.7 Å². The van der Waals surface area contributed by atoms with E-state index < -0.39 is 0 Å². The lowest BCUT2D eigenvalue weighted by molar-refractivity contribution is -0.122. The highest BCUT2D eigenvalue weighted by molar-refractivity contribution is 5.94. The molecule has 80 valence electrons. The van der Waals surface area contributed by atoms with Gasteiger partial charge in [-0.25, -0.2) is 4.68 Å². The Labute approximate surface area is 88.9 Å². The summed E-state index contributed by atoms with van der Waals surface area (Å²) >= 11 is 0. The van der Waals surface area contributed by atoms with Gasteiger partial charge in [-0.1, -0.05) is 6.92 Å². The zero-order valence-electron chi connectivity index (χ0n) is 9.10. The van der Waals surface area contributed by atoms with Crippen molar-refractivity contribution in [3.63, 3.8) is 0 Å². The highest BCUT2D eigenvalue weighted by atomic mass is 16.2. The highest BCUT2D eigenvalue weighted by Crippen LogP contribution is 2.41. The van der Waals surface area contributed by atoms with Crippen molar-refractivity contribution in [3.05, 3.63) is 11.8 Å². The van der Waals surface area contributed by atoms with Gasteiger partial charge in [0.25, 0.3) is 0 Å². The van der Waals surface area contributed by atoms with Crippen molar-refractivity contribution in [1.82, 2.24) is 9.78 Å². The Hall–Kier alpha value is -1.32. The number of fused-ring (bicyclic) bond motifs is 1. The highest BCUT2D eigenvalue weighted by Gasteiger charge is 2.32. The molecule has 0 radical (unpaired) electrons. The van der Waals surface area contributed by atoms with Crippen molar-refractivity contribution in [2.75, 3.05) is 11.9 Å². The van der Waals surface area contributed by atoms with Crippen LogP contribution in [0.15, 0.2) is 6.07 Å². The summed E-state index contributed by atoms with van der Waals surface area (Å²) in [5, 5.41) is 4.57. The van der Waals surface area contributed by atoms with Crippen LogP contribution in [0.3, 0.4) is 0 Å². The van der Waals surface area contributed by atoms with Crippen LogP contribution in [0.2, 0.25) is 0 Å². The van der Waals surface area contributed by atoms with Gasteiger partial charge < -0.3 is 0 Å². The van der Waals surface area contributed by atoms with Gasteiger partial charge in [-0.05, 0) is 12.8 Å². The summed E-state index contributed by atoms with van der Waals surface area (Å²) in [5.41, 5.74) is 1.17. The topological polar surface area (TPSA) is 38.1 Å². The summed E-state index contributed by atoms with van der Waals surface area (Å²) in [7, 11) is 1.84. The molecule has 1 aromatic heterocycles. The van der Waals surface area contributed by atoms with E-state index in [1.807, 2.05) is 18.7 Å². The maximum atomic E-state index is 11.8. The van der Waals surface area contributed by atoms with E-state index in [1.165, 1.54) is 18.5 Å². The maximum absolute atomic E-state index is 11.8. The minimum Gasteiger partial charge on any atom is -0.300 e. The number of rotatable bonds is 1. The van der Waals surface area contributed by atoms with Gasteiger partial charge in [0.05, 0.1) is 18.2 Å². The Morgan fingerprint density at radius 3 is 2.87 bits per heavy atom. The van der Waals surface area contributed by atoms with E-state index in [9.17, 15) is 4.79 Å². The van der Waals surface area contributed by atoms with E-state index in [0.717, 1.165) is 12.4 Å². The Morgan fingerprint density at radius 1 is 1.47 bits per heavy atom. The smallest absolute Gasteiger partial charge is 0.232 e. The van der Waals surface area contributed by atoms with Gasteiger partial charge in [-0.15, -0.1) is 0 Å². The van der Waals surface area contributed by atoms with Gasteiger partial charge in [0, 0.05) is 19.0 Å². The molecule has 0 bridgehead atoms. The Balaban J connectivity index is 2.01. The van der Waals surface area contributed by atoms with E-state index in [2.05, 4.69) is 11.2 Å². The fourth-order valence-electron chi connectivity index (χ4n) is 2.19. The number of nitrogens with zero attached hydrogens (tertiary/aromatic N) is 3. The van der Waals surface area contributed by atoms with Crippen molar-refractivity contribution < 1.29 is 4.79 Å². The molecule has 1 amide bonds. The summed E-state index contributed by atoms with van der Waals surface area (Å²) in [5.74, 6) is 1.86. The third-order valence-electron chi connectivity index (χ3n) is 3.32. The molecule has 1 unspecified atom stereocenters. The van der Waals surface area contributed by atoms with E-state index in [4.69, 9.17) is 0 Å². The van der Waals surface area contributed by atoms with Crippen LogP contribution < -0.4 is 4.90 Å². The number of carbonyl (C=O) groups is 1. The lowest BCUT2D eigenvalue weighted by Gasteiger charge is -2.27. The quantitative estimate of drug-likeness (QED) is 0.694. The van der Waals surface area contributed by atoms with Crippen LogP contribution in [0.25, 0.3) is 0 Å². The number of carbonyl (C=O) groups excluding carboxylic acids is 1. The van der Waals surface area contributed by atoms with Crippen molar-refractivity contribution in [2.24, 2.45) is 5.92 Å². The first kappa shape index (κ1) is 8.95. The van der Waals surface area contributed by atoms with Gasteiger partial charge in [-0.3, -0.25) is 9.69 Å². The molecule has 0 saturated heterocycles. The van der Waals surface area contributed by atoms with E-state index in [1.54, 1.807) is 4.90 Å². The van der Waals surface area contributed by atoms with Crippen LogP contribution in [0.4, 0.5) is 5.82 Å². The fourth-order valence-corrected chi connectivity index (χ4v) is 2.19. The third kappa shape index (κ3) is 1.28. The van der Waals surface area contributed by atoms with Gasteiger partial charge in [0.2, 0.25) is 5.91 Å². The second-order valence-corrected chi connectivity index (χ2v) is 4.68. The predicted molar refractivity (Wildman–Crippen MR) is 56.8 cm³/mol. The van der Waals surface area contributed by atoms with Crippen molar-refractivity contribution in [1.29, 1.82) is 0 Å². The standard InChI is InChI=1S/C11H15N3O/c1-7-6-14-10(13(2)11(7)15)5-9(12-14)8-3-4-8/h5,7-8H,3-4,6H2,1-2H3. The molecule has 0 aromatic carbocycles. The van der Waals surface area contributed by atoms with E-state index >= 15 is 0 Å². The van der Waals surface area contributed by atoms with Crippen LogP contribution in [-0.2, 0) is 11.3 Å². The maximum Gasteiger partial charge on any atom is 0.232 e. The van der Waals surface area contributed by atoms with Gasteiger partial charge in [-0.2, -0.15) is 5.10 Å². The molecule has 4 heteroatoms. The minimum absolute atomic E-state index is 0.0504. The average molecular weight is 205 g/mol. The van der Waals surface area contributed by atoms with Crippen molar-refractivity contribution in [3.8, 4) is 0 Å². The lowest BCUT2D eigenvalue weighted by atomic mass is 10.1. The number of anilines is 1. The molecule has 0 spiro atoms. The number of hydrogen-bond acceptors (Lipinski definition) is 2. The zero-order valence-corrected chi connectivity index (χ0v) is 9.10. The number of aromatic nitrogens is 2. The number of hydrogen-bond donors (Lipinski definition) is 0. The molecule has 1 aliphatic heterocycles. The molecule has 4 nitrogen and oxygen atoms in total. The fraction of sp³-hybridized carbons (Fsp3) is 0.636. The molecule has 0 N–H and O–H groups in total. The van der Waals surface area contributed by atoms with Crippen LogP contribution >= 0.6 is 0 Å². The molecular formula is C11H15N3O. The van der Waals surface area contributed by atoms with E-state index in [-0.39, 0.29) is 11.8 Å². The first-order valence-electron chi connectivity index (χ1n) is 5.52. The molecule has 3 rings (SSSR count). The average Bonchev–Trinajstić information content (AvgIpc) is 2.97.